The van der Waals surface area contributed by atoms with E-state index in [2.05, 4.69) is 9.97 Å². The number of benzene rings is 2. The fourth-order valence-electron chi connectivity index (χ4n) is 3.60. The van der Waals surface area contributed by atoms with Gasteiger partial charge in [-0.2, -0.15) is 0 Å². The summed E-state index contributed by atoms with van der Waals surface area (Å²) in [6.45, 7) is -0.468. The first-order valence-electron chi connectivity index (χ1n) is 9.54. The third-order valence-electron chi connectivity index (χ3n) is 4.98. The van der Waals surface area contributed by atoms with Crippen molar-refractivity contribution in [3.63, 3.8) is 0 Å². The third-order valence-corrected chi connectivity index (χ3v) is 4.98. The number of carbonyl (C=O) groups excluding carboxylic acids is 1. The lowest BCUT2D eigenvalue weighted by Crippen LogP contribution is -2.52. The molecule has 2 atom stereocenters. The Morgan fingerprint density at radius 3 is 2.77 bits per heavy atom. The van der Waals surface area contributed by atoms with E-state index in [4.69, 9.17) is 19.6 Å². The minimum Gasteiger partial charge on any atom is -0.479 e. The number of rotatable bonds is 9. The molecule has 2 heterocycles. The average Bonchev–Trinajstić information content (AvgIpc) is 3.25. The molecule has 2 unspecified atom stereocenters. The van der Waals surface area contributed by atoms with E-state index in [1.54, 1.807) is 36.2 Å². The Morgan fingerprint density at radius 1 is 1.26 bits per heavy atom. The van der Waals surface area contributed by atoms with Crippen LogP contribution < -0.4 is 4.74 Å². The van der Waals surface area contributed by atoms with E-state index in [0.29, 0.717) is 12.4 Å². The maximum absolute atomic E-state index is 12.8. The Hall–Kier alpha value is -3.31. The monoisotopic (exact) mass is 427 g/mol. The maximum atomic E-state index is 12.8. The highest BCUT2D eigenvalue weighted by atomic mass is 17.2. The first-order chi connectivity index (χ1) is 14.9. The molecule has 10 nitrogen and oxygen atoms in total. The molecule has 0 bridgehead atoms. The summed E-state index contributed by atoms with van der Waals surface area (Å²) in [6.07, 6.45) is -1.42. The van der Waals surface area contributed by atoms with Gasteiger partial charge in [-0.3, -0.25) is 4.90 Å². The number of likely N-dealkylation sites (N-methyl/N-ethyl adjacent to an activating group) is 1. The minimum atomic E-state index is -2.02. The molecule has 1 aromatic heterocycles. The van der Waals surface area contributed by atoms with E-state index in [9.17, 15) is 14.7 Å². The van der Waals surface area contributed by atoms with Gasteiger partial charge >= 0.3 is 11.9 Å². The summed E-state index contributed by atoms with van der Waals surface area (Å²) in [6, 6.07) is 14.0. The third kappa shape index (κ3) is 4.01. The maximum Gasteiger partial charge on any atom is 0.354 e. The van der Waals surface area contributed by atoms with Gasteiger partial charge in [-0.1, -0.05) is 30.3 Å². The predicted molar refractivity (Wildman–Crippen MR) is 107 cm³/mol. The highest BCUT2D eigenvalue weighted by Gasteiger charge is 2.57. The molecule has 0 spiro atoms. The van der Waals surface area contributed by atoms with Crippen LogP contribution in [0.2, 0.25) is 0 Å². The molecule has 31 heavy (non-hydrogen) atoms. The number of hydrogen-bond acceptors (Lipinski definition) is 8. The number of aliphatic hydroxyl groups excluding tert-OH is 1. The van der Waals surface area contributed by atoms with Gasteiger partial charge in [0.25, 0.3) is 5.60 Å². The van der Waals surface area contributed by atoms with Crippen LogP contribution in [0.15, 0.2) is 48.5 Å². The zero-order chi connectivity index (χ0) is 22.0. The molecule has 1 aliphatic heterocycles. The number of ether oxygens (including phenoxy) is 1. The molecule has 0 radical (unpaired) electrons. The SMILES string of the molecule is CN(Cc1nc2ccccc2[nH]1)CC(O)C1(OOCC(=O)O)C(=O)Oc2ccccc21. The number of H-pyrrole nitrogens is 1. The first-order valence-corrected chi connectivity index (χ1v) is 9.54. The van der Waals surface area contributed by atoms with Crippen LogP contribution in [0.1, 0.15) is 11.4 Å². The number of imidazole rings is 1. The summed E-state index contributed by atoms with van der Waals surface area (Å²) >= 11 is 0. The van der Waals surface area contributed by atoms with E-state index in [-0.39, 0.29) is 17.9 Å². The number of aliphatic carboxylic acids is 1. The number of carboxylic acid groups (broad SMARTS) is 1. The van der Waals surface area contributed by atoms with Crippen molar-refractivity contribution in [1.82, 2.24) is 14.9 Å². The summed E-state index contributed by atoms with van der Waals surface area (Å²) < 4.78 is 5.25. The zero-order valence-electron chi connectivity index (χ0n) is 16.6. The highest BCUT2D eigenvalue weighted by Crippen LogP contribution is 2.43. The second-order valence-electron chi connectivity index (χ2n) is 7.27. The second-order valence-corrected chi connectivity index (χ2v) is 7.27. The number of aliphatic hydroxyl groups is 1. The van der Waals surface area contributed by atoms with Gasteiger partial charge in [0.05, 0.1) is 17.6 Å². The smallest absolute Gasteiger partial charge is 0.354 e. The predicted octanol–water partition coefficient (Wildman–Crippen LogP) is 1.20. The van der Waals surface area contributed by atoms with Gasteiger partial charge in [0.2, 0.25) is 0 Å². The lowest BCUT2D eigenvalue weighted by atomic mass is 9.89. The Balaban J connectivity index is 1.55. The van der Waals surface area contributed by atoms with Crippen LogP contribution in [0.25, 0.3) is 11.0 Å². The summed E-state index contributed by atoms with van der Waals surface area (Å²) in [5, 5.41) is 19.9. The number of carbonyl (C=O) groups is 2. The van der Waals surface area contributed by atoms with Crippen molar-refractivity contribution in [3.8, 4) is 5.75 Å². The van der Waals surface area contributed by atoms with Crippen LogP contribution in [0.5, 0.6) is 5.75 Å². The van der Waals surface area contributed by atoms with Crippen LogP contribution in [0, 0.1) is 0 Å². The van der Waals surface area contributed by atoms with Crippen LogP contribution in [0.3, 0.4) is 0 Å². The Morgan fingerprint density at radius 2 is 2.00 bits per heavy atom. The number of carboxylic acids is 1. The molecule has 3 aromatic rings. The largest absolute Gasteiger partial charge is 0.479 e. The average molecular weight is 427 g/mol. The van der Waals surface area contributed by atoms with Gasteiger partial charge in [0, 0.05) is 12.1 Å². The van der Waals surface area contributed by atoms with Crippen LogP contribution >= 0.6 is 0 Å². The molecule has 0 aliphatic carbocycles. The molecule has 4 rings (SSSR count). The number of aromatic amines is 1. The molecule has 0 amide bonds. The molecule has 0 saturated carbocycles. The standard InChI is InChI=1S/C21H21N3O7/c1-24(11-18-22-14-7-3-4-8-15(14)23-18)10-17(25)21(31-29-12-19(26)27)13-6-2-5-9-16(13)30-20(21)28/h2-9,17,25H,10-12H2,1H3,(H,22,23)(H,26,27). The number of nitrogens with one attached hydrogen (secondary N) is 1. The van der Waals surface area contributed by atoms with Crippen LogP contribution in [-0.4, -0.2) is 63.3 Å². The number of aromatic nitrogens is 2. The fourth-order valence-corrected chi connectivity index (χ4v) is 3.60. The number of nitrogens with zero attached hydrogens (tertiary/aromatic N) is 2. The number of fused-ring (bicyclic) bond motifs is 2. The molecular formula is C21H21N3O7. The molecule has 1 aliphatic rings. The van der Waals surface area contributed by atoms with Gasteiger partial charge in [-0.05, 0) is 25.2 Å². The number of esters is 1. The Kier molecular flexibility index (Phi) is 5.70. The minimum absolute atomic E-state index is 0.0170. The first kappa shape index (κ1) is 20.9. The van der Waals surface area contributed by atoms with E-state index in [0.717, 1.165) is 11.0 Å². The van der Waals surface area contributed by atoms with Crippen LogP contribution in [0.4, 0.5) is 0 Å². The van der Waals surface area contributed by atoms with Crippen molar-refractivity contribution >= 4 is 23.0 Å². The summed E-state index contributed by atoms with van der Waals surface area (Å²) in [4.78, 5) is 43.1. The van der Waals surface area contributed by atoms with Gasteiger partial charge in [-0.25, -0.2) is 24.3 Å². The van der Waals surface area contributed by atoms with E-state index < -0.39 is 30.3 Å². The Labute approximate surface area is 176 Å². The lowest BCUT2D eigenvalue weighted by Gasteiger charge is -2.31. The van der Waals surface area contributed by atoms with Crippen molar-refractivity contribution in [2.75, 3.05) is 20.2 Å². The highest BCUT2D eigenvalue weighted by molar-refractivity contribution is 5.89. The van der Waals surface area contributed by atoms with Crippen molar-refractivity contribution in [2.45, 2.75) is 18.2 Å². The summed E-state index contributed by atoms with van der Waals surface area (Å²) in [7, 11) is 1.74. The molecule has 0 saturated heterocycles. The van der Waals surface area contributed by atoms with E-state index >= 15 is 0 Å². The van der Waals surface area contributed by atoms with Crippen molar-refractivity contribution in [3.05, 3.63) is 59.9 Å². The van der Waals surface area contributed by atoms with Crippen molar-refractivity contribution in [2.24, 2.45) is 0 Å². The summed E-state index contributed by atoms with van der Waals surface area (Å²) in [5.41, 5.74) is -0.0490. The molecular weight excluding hydrogens is 406 g/mol. The van der Waals surface area contributed by atoms with E-state index in [1.165, 1.54) is 0 Å². The van der Waals surface area contributed by atoms with E-state index in [1.807, 2.05) is 24.3 Å². The quantitative estimate of drug-likeness (QED) is 0.199. The molecule has 3 N–H and O–H groups in total. The van der Waals surface area contributed by atoms with Crippen LogP contribution in [-0.2, 0) is 31.5 Å². The second kappa shape index (κ2) is 8.44. The van der Waals surface area contributed by atoms with Gasteiger partial charge < -0.3 is 19.9 Å². The summed E-state index contributed by atoms with van der Waals surface area (Å²) in [5.74, 6) is -1.28. The molecule has 0 fully saturated rings. The van der Waals surface area contributed by atoms with Crippen molar-refractivity contribution < 1.29 is 34.3 Å². The topological polar surface area (TPSA) is 134 Å². The number of hydrogen-bond donors (Lipinski definition) is 3. The zero-order valence-corrected chi connectivity index (χ0v) is 16.6. The molecule has 162 valence electrons. The molecule has 10 heteroatoms. The van der Waals surface area contributed by atoms with Gasteiger partial charge in [-0.15, -0.1) is 0 Å². The van der Waals surface area contributed by atoms with Gasteiger partial charge in [0.15, 0.2) is 6.61 Å². The van der Waals surface area contributed by atoms with Gasteiger partial charge in [0.1, 0.15) is 17.7 Å². The fraction of sp³-hybridized carbons (Fsp3) is 0.286. The van der Waals surface area contributed by atoms with Crippen molar-refractivity contribution in [1.29, 1.82) is 0 Å². The lowest BCUT2D eigenvalue weighted by molar-refractivity contribution is -0.369. The Bertz CT molecular complexity index is 1080. The normalized spacial score (nSPS) is 18.9. The number of para-hydroxylation sites is 3. The molecule has 2 aromatic carbocycles.